The van der Waals surface area contributed by atoms with Crippen LogP contribution >= 0.6 is 0 Å². The Bertz CT molecular complexity index is 1260. The molecule has 0 radical (unpaired) electrons. The van der Waals surface area contributed by atoms with Crippen molar-refractivity contribution in [3.8, 4) is 17.0 Å². The molecule has 0 atom stereocenters. The summed E-state index contributed by atoms with van der Waals surface area (Å²) in [7, 11) is 1.92. The molecule has 5 rings (SSSR count). The summed E-state index contributed by atoms with van der Waals surface area (Å²) in [5.74, 6) is 0.804. The molecular formula is C24H28N6O. The quantitative estimate of drug-likeness (QED) is 0.511. The van der Waals surface area contributed by atoms with Crippen LogP contribution in [0.1, 0.15) is 48.8 Å². The minimum atomic E-state index is 0.658. The van der Waals surface area contributed by atoms with E-state index in [1.807, 2.05) is 24.0 Å². The summed E-state index contributed by atoms with van der Waals surface area (Å²) in [5, 5.41) is 18.1. The van der Waals surface area contributed by atoms with Crippen LogP contribution < -0.4 is 4.74 Å². The summed E-state index contributed by atoms with van der Waals surface area (Å²) in [4.78, 5) is 0. The van der Waals surface area contributed by atoms with E-state index in [1.54, 1.807) is 0 Å². The van der Waals surface area contributed by atoms with Gasteiger partial charge in [-0.2, -0.15) is 15.3 Å². The smallest absolute Gasteiger partial charge is 0.219 e. The van der Waals surface area contributed by atoms with Crippen molar-refractivity contribution < 1.29 is 4.74 Å². The average Bonchev–Trinajstić information content (AvgIpc) is 3.42. The Morgan fingerprint density at radius 1 is 1.19 bits per heavy atom. The molecular weight excluding hydrogens is 388 g/mol. The molecule has 0 saturated carbocycles. The number of nitrogens with zero attached hydrogens (tertiary/aromatic N) is 5. The van der Waals surface area contributed by atoms with Crippen LogP contribution in [0, 0.1) is 6.92 Å². The molecule has 0 spiro atoms. The zero-order valence-corrected chi connectivity index (χ0v) is 18.4. The maximum atomic E-state index is 6.17. The molecule has 2 bridgehead atoms. The van der Waals surface area contributed by atoms with Crippen molar-refractivity contribution in [2.24, 2.45) is 7.05 Å². The van der Waals surface area contributed by atoms with E-state index in [4.69, 9.17) is 9.84 Å². The Hall–Kier alpha value is -3.35. The second-order valence-electron chi connectivity index (χ2n) is 8.16. The summed E-state index contributed by atoms with van der Waals surface area (Å²) in [5.41, 5.74) is 7.61. The number of H-pyrrole nitrogens is 1. The third kappa shape index (κ3) is 3.54. The van der Waals surface area contributed by atoms with E-state index in [0.717, 1.165) is 71.5 Å². The van der Waals surface area contributed by atoms with Crippen LogP contribution in [-0.2, 0) is 20.0 Å². The first kappa shape index (κ1) is 19.6. The van der Waals surface area contributed by atoms with E-state index in [1.165, 1.54) is 11.3 Å². The monoisotopic (exact) mass is 416 g/mol. The van der Waals surface area contributed by atoms with E-state index in [2.05, 4.69) is 58.1 Å². The Morgan fingerprint density at radius 3 is 2.97 bits per heavy atom. The molecule has 0 saturated heterocycles. The van der Waals surface area contributed by atoms with Crippen LogP contribution in [0.4, 0.5) is 0 Å². The first-order valence-corrected chi connectivity index (χ1v) is 11.0. The number of aromatic nitrogens is 6. The third-order valence-corrected chi connectivity index (χ3v) is 6.01. The molecule has 7 nitrogen and oxygen atoms in total. The molecule has 0 fully saturated rings. The molecule has 1 aliphatic rings. The van der Waals surface area contributed by atoms with Crippen molar-refractivity contribution in [2.45, 2.75) is 46.1 Å². The highest BCUT2D eigenvalue weighted by molar-refractivity contribution is 5.93. The maximum Gasteiger partial charge on any atom is 0.219 e. The number of aromatic amines is 1. The second kappa shape index (κ2) is 8.06. The molecule has 0 aliphatic carbocycles. The normalized spacial score (nSPS) is 15.2. The predicted molar refractivity (Wildman–Crippen MR) is 123 cm³/mol. The van der Waals surface area contributed by atoms with Gasteiger partial charge in [-0.05, 0) is 62.5 Å². The van der Waals surface area contributed by atoms with E-state index in [9.17, 15) is 0 Å². The summed E-state index contributed by atoms with van der Waals surface area (Å²) >= 11 is 0. The lowest BCUT2D eigenvalue weighted by Gasteiger charge is -2.09. The maximum absolute atomic E-state index is 6.17. The van der Waals surface area contributed by atoms with Crippen LogP contribution in [0.2, 0.25) is 0 Å². The van der Waals surface area contributed by atoms with Gasteiger partial charge in [-0.3, -0.25) is 9.78 Å². The van der Waals surface area contributed by atoms with Gasteiger partial charge in [-0.15, -0.1) is 0 Å². The molecule has 31 heavy (non-hydrogen) atoms. The summed E-state index contributed by atoms with van der Waals surface area (Å²) < 4.78 is 10.1. The molecule has 0 amide bonds. The van der Waals surface area contributed by atoms with Crippen molar-refractivity contribution in [1.82, 2.24) is 29.8 Å². The standard InChI is InChI=1S/C24H28N6O/c1-4-12-30-16(2)18-9-11-22-19-14-17(8-10-21(19)26-27-22)20-15-25-29(3)24(20)31-13-6-5-7-23(18)28-30/h8-11,14-15H,4-7,12-13H2,1-3H3,(H,26,27)/b11-9+. The van der Waals surface area contributed by atoms with Gasteiger partial charge in [0.1, 0.15) is 0 Å². The Morgan fingerprint density at radius 2 is 2.10 bits per heavy atom. The van der Waals surface area contributed by atoms with Gasteiger partial charge in [-0.25, -0.2) is 4.68 Å². The Kier molecular flexibility index (Phi) is 5.10. The molecule has 3 aromatic heterocycles. The van der Waals surface area contributed by atoms with Crippen LogP contribution in [0.25, 0.3) is 34.2 Å². The number of fused-ring (bicyclic) bond motifs is 4. The van der Waals surface area contributed by atoms with Gasteiger partial charge in [0.25, 0.3) is 0 Å². The molecule has 4 aromatic rings. The predicted octanol–water partition coefficient (Wildman–Crippen LogP) is 4.76. The number of hydrogen-bond donors (Lipinski definition) is 1. The molecule has 7 heteroatoms. The first-order valence-electron chi connectivity index (χ1n) is 11.0. The number of aryl methyl sites for hydroxylation is 3. The van der Waals surface area contributed by atoms with E-state index < -0.39 is 0 Å². The molecule has 0 unspecified atom stereocenters. The zero-order valence-electron chi connectivity index (χ0n) is 18.4. The SMILES string of the molecule is CCCn1nc2c(c1C)/C=C/c1[nH]nc3ccc(cc13)-c1cnn(C)c1OCCCC2. The van der Waals surface area contributed by atoms with Gasteiger partial charge < -0.3 is 4.74 Å². The lowest BCUT2D eigenvalue weighted by atomic mass is 10.0. The van der Waals surface area contributed by atoms with E-state index in [0.29, 0.717) is 6.61 Å². The average molecular weight is 417 g/mol. The minimum Gasteiger partial charge on any atom is -0.477 e. The molecule has 1 N–H and O–H groups in total. The Labute approximate surface area is 181 Å². The van der Waals surface area contributed by atoms with Crippen molar-refractivity contribution in [3.63, 3.8) is 0 Å². The second-order valence-corrected chi connectivity index (χ2v) is 8.16. The van der Waals surface area contributed by atoms with Gasteiger partial charge in [0.15, 0.2) is 0 Å². The van der Waals surface area contributed by atoms with Crippen molar-refractivity contribution in [3.05, 3.63) is 47.0 Å². The Balaban J connectivity index is 1.63. The highest BCUT2D eigenvalue weighted by atomic mass is 16.5. The van der Waals surface area contributed by atoms with Gasteiger partial charge in [0.2, 0.25) is 5.88 Å². The summed E-state index contributed by atoms with van der Waals surface area (Å²) in [6, 6.07) is 6.29. The lowest BCUT2D eigenvalue weighted by Crippen LogP contribution is -2.04. The van der Waals surface area contributed by atoms with Crippen molar-refractivity contribution in [1.29, 1.82) is 0 Å². The number of ether oxygens (including phenoxy) is 1. The number of hydrogen-bond acceptors (Lipinski definition) is 4. The fourth-order valence-electron chi connectivity index (χ4n) is 4.30. The summed E-state index contributed by atoms with van der Waals surface area (Å²) in [6.45, 7) is 5.95. The van der Waals surface area contributed by atoms with Crippen molar-refractivity contribution >= 4 is 23.1 Å². The van der Waals surface area contributed by atoms with Crippen LogP contribution in [0.3, 0.4) is 0 Å². The van der Waals surface area contributed by atoms with E-state index >= 15 is 0 Å². The fraction of sp³-hybridized carbons (Fsp3) is 0.375. The first-order chi connectivity index (χ1) is 15.2. The number of nitrogens with one attached hydrogen (secondary N) is 1. The van der Waals surface area contributed by atoms with Crippen LogP contribution in [-0.4, -0.2) is 36.4 Å². The van der Waals surface area contributed by atoms with E-state index in [-0.39, 0.29) is 0 Å². The largest absolute Gasteiger partial charge is 0.477 e. The molecule has 1 aromatic carbocycles. The molecule has 160 valence electrons. The van der Waals surface area contributed by atoms with Crippen LogP contribution in [0.15, 0.2) is 24.4 Å². The minimum absolute atomic E-state index is 0.658. The highest BCUT2D eigenvalue weighted by Crippen LogP contribution is 2.33. The topological polar surface area (TPSA) is 73.5 Å². The number of benzene rings is 1. The van der Waals surface area contributed by atoms with Crippen molar-refractivity contribution in [2.75, 3.05) is 6.61 Å². The van der Waals surface area contributed by atoms with Crippen LogP contribution in [0.5, 0.6) is 5.88 Å². The lowest BCUT2D eigenvalue weighted by molar-refractivity contribution is 0.282. The van der Waals surface area contributed by atoms with Gasteiger partial charge in [-0.1, -0.05) is 13.0 Å². The fourth-order valence-corrected chi connectivity index (χ4v) is 4.30. The van der Waals surface area contributed by atoms with Gasteiger partial charge in [0, 0.05) is 30.2 Å². The molecule has 1 aliphatic heterocycles. The summed E-state index contributed by atoms with van der Waals surface area (Å²) in [6.07, 6.45) is 10.2. The third-order valence-electron chi connectivity index (χ3n) is 6.01. The highest BCUT2D eigenvalue weighted by Gasteiger charge is 2.16. The van der Waals surface area contributed by atoms with Gasteiger partial charge in [0.05, 0.1) is 35.3 Å². The van der Waals surface area contributed by atoms with Gasteiger partial charge >= 0.3 is 0 Å². The molecule has 4 heterocycles. The number of rotatable bonds is 2. The zero-order chi connectivity index (χ0) is 21.4.